The van der Waals surface area contributed by atoms with Gasteiger partial charge in [0.05, 0.1) is 6.10 Å². The van der Waals surface area contributed by atoms with Crippen molar-refractivity contribution in [1.29, 1.82) is 0 Å². The lowest BCUT2D eigenvalue weighted by Gasteiger charge is -2.43. The molecule has 0 bridgehead atoms. The van der Waals surface area contributed by atoms with E-state index in [-0.39, 0.29) is 88.3 Å². The normalized spacial score (nSPS) is 28.8. The Labute approximate surface area is 502 Å². The zero-order valence-corrected chi connectivity index (χ0v) is 54.2. The number of nitrogens with one attached hydrogen (secondary N) is 2. The van der Waals surface area contributed by atoms with Crippen molar-refractivity contribution < 1.29 is 57.8 Å². The Bertz CT molecular complexity index is 2260. The third kappa shape index (κ3) is 18.6. The summed E-state index contributed by atoms with van der Waals surface area (Å²) in [5.41, 5.74) is 0. The molecule has 4 aliphatic rings. The quantitative estimate of drug-likeness (QED) is 0.172. The van der Waals surface area contributed by atoms with Gasteiger partial charge in [0.2, 0.25) is 47.3 Å². The zero-order valence-electron chi connectivity index (χ0n) is 54.2. The van der Waals surface area contributed by atoms with Crippen LogP contribution in [-0.2, 0) is 52.7 Å². The molecule has 9 amide bonds. The topological polar surface area (TPSA) is 247 Å². The standard InChI is InChI=1S/C63H109N9O12/c1-17-42(10)52-63(83)84-51(34-30-41(8)9)61(81)70-35-21-18-24-47(70)55(75)65-45(31-27-38(2)3)57(77)67(14)48(33-29-40(6)7)58(78)69(16)53(44(12)73)62(82)72-37-23-20-25-49(72)59(79)66(13)46(32-28-39(4)5)54(74)64-43(11)56(76)71-36-22-19-26-50(71)60(80)68(52)15/h38-53,73H,17-37H2,1-16H3,(H,64,74)(H,65,75). The summed E-state index contributed by atoms with van der Waals surface area (Å²) in [6.07, 6.45) is 4.72. The van der Waals surface area contributed by atoms with Gasteiger partial charge in [0.25, 0.3) is 5.91 Å². The lowest BCUT2D eigenvalue weighted by Crippen LogP contribution is -2.64. The first kappa shape index (κ1) is 71.1. The molecule has 4 heterocycles. The highest BCUT2D eigenvalue weighted by atomic mass is 16.6. The minimum absolute atomic E-state index is 0.0913. The Morgan fingerprint density at radius 2 is 0.893 bits per heavy atom. The molecule has 0 aromatic carbocycles. The van der Waals surface area contributed by atoms with Gasteiger partial charge < -0.3 is 54.8 Å². The van der Waals surface area contributed by atoms with Crippen LogP contribution in [0, 0.1) is 29.6 Å². The maximum absolute atomic E-state index is 15.2. The van der Waals surface area contributed by atoms with Crippen molar-refractivity contribution in [3.63, 3.8) is 0 Å². The molecule has 12 atom stereocenters. The summed E-state index contributed by atoms with van der Waals surface area (Å²) in [6.45, 7) is 23.1. The van der Waals surface area contributed by atoms with Crippen molar-refractivity contribution >= 4 is 59.1 Å². The van der Waals surface area contributed by atoms with E-state index in [9.17, 15) is 33.9 Å². The van der Waals surface area contributed by atoms with Crippen LogP contribution in [0.4, 0.5) is 0 Å². The molecule has 0 aliphatic carbocycles. The van der Waals surface area contributed by atoms with Crippen LogP contribution < -0.4 is 10.6 Å². The number of aliphatic hydroxyl groups excluding tert-OH is 1. The molecule has 478 valence electrons. The van der Waals surface area contributed by atoms with Crippen LogP contribution in [0.1, 0.15) is 199 Å². The van der Waals surface area contributed by atoms with Crippen LogP contribution in [0.2, 0.25) is 0 Å². The molecule has 0 aromatic heterocycles. The second-order valence-electron chi connectivity index (χ2n) is 26.6. The van der Waals surface area contributed by atoms with Gasteiger partial charge in [-0.1, -0.05) is 75.7 Å². The van der Waals surface area contributed by atoms with Crippen LogP contribution in [0.5, 0.6) is 0 Å². The number of amides is 9. The number of rotatable bonds is 15. The number of piperidine rings is 3. The van der Waals surface area contributed by atoms with Gasteiger partial charge in [-0.05, 0) is 153 Å². The van der Waals surface area contributed by atoms with Gasteiger partial charge >= 0.3 is 5.97 Å². The first-order valence-corrected chi connectivity index (χ1v) is 31.9. The Kier molecular flexibility index (Phi) is 27.9. The van der Waals surface area contributed by atoms with E-state index in [0.717, 1.165) is 4.90 Å². The minimum atomic E-state index is -1.49. The van der Waals surface area contributed by atoms with E-state index in [2.05, 4.69) is 10.6 Å². The van der Waals surface area contributed by atoms with Gasteiger partial charge in [-0.25, -0.2) is 4.79 Å². The highest BCUT2D eigenvalue weighted by Gasteiger charge is 2.47. The fourth-order valence-electron chi connectivity index (χ4n) is 12.5. The van der Waals surface area contributed by atoms with Crippen molar-refractivity contribution in [2.45, 2.75) is 265 Å². The smallest absolute Gasteiger partial charge is 0.329 e. The summed E-state index contributed by atoms with van der Waals surface area (Å²) in [5, 5.41) is 17.4. The van der Waals surface area contributed by atoms with Crippen LogP contribution in [0.15, 0.2) is 0 Å². The Morgan fingerprint density at radius 3 is 1.39 bits per heavy atom. The van der Waals surface area contributed by atoms with E-state index in [1.807, 2.05) is 69.2 Å². The number of likely N-dealkylation sites (N-methyl/N-ethyl adjacent to an activating group) is 4. The van der Waals surface area contributed by atoms with Crippen LogP contribution in [-0.4, -0.2) is 213 Å². The summed E-state index contributed by atoms with van der Waals surface area (Å²) in [7, 11) is 5.92. The SMILES string of the molecule is CCC(C)C1C(=O)OC(CCC(C)C)C(=O)N2CCCCC2C(=O)NC(CCC(C)C)C(=O)N(C)C(CCC(C)C)C(=O)N(C)C(C(C)O)C(=O)N2CCCCC2C(=O)N(C)C(CCC(C)C)C(=O)NC(C)C(=O)N2CCCCC2C(=O)N1C. The molecule has 0 spiro atoms. The van der Waals surface area contributed by atoms with Gasteiger partial charge in [0.15, 0.2) is 6.10 Å². The van der Waals surface area contributed by atoms with Crippen LogP contribution in [0.25, 0.3) is 0 Å². The van der Waals surface area contributed by atoms with E-state index in [0.29, 0.717) is 70.6 Å². The molecular weight excluding hydrogens is 1070 g/mol. The van der Waals surface area contributed by atoms with Gasteiger partial charge in [-0.2, -0.15) is 0 Å². The molecule has 84 heavy (non-hydrogen) atoms. The van der Waals surface area contributed by atoms with Crippen molar-refractivity contribution in [3.05, 3.63) is 0 Å². The van der Waals surface area contributed by atoms with Crippen molar-refractivity contribution in [2.75, 3.05) is 47.8 Å². The van der Waals surface area contributed by atoms with Crippen molar-refractivity contribution in [1.82, 2.24) is 44.9 Å². The predicted octanol–water partition coefficient (Wildman–Crippen LogP) is 5.52. The molecule has 4 rings (SSSR count). The number of carbonyl (C=O) groups excluding carboxylic acids is 10. The number of esters is 1. The molecule has 4 aliphatic heterocycles. The number of fused-ring (bicyclic) bond motifs is 3. The zero-order chi connectivity index (χ0) is 63.0. The lowest BCUT2D eigenvalue weighted by molar-refractivity contribution is -0.171. The average Bonchev–Trinajstić information content (AvgIpc) is 3.05. The van der Waals surface area contributed by atoms with E-state index >= 15 is 19.2 Å². The second-order valence-corrected chi connectivity index (χ2v) is 26.6. The first-order chi connectivity index (χ1) is 39.5. The summed E-state index contributed by atoms with van der Waals surface area (Å²) in [6, 6.07) is -10.3. The third-order valence-corrected chi connectivity index (χ3v) is 18.1. The molecule has 21 nitrogen and oxygen atoms in total. The third-order valence-electron chi connectivity index (χ3n) is 18.1. The summed E-state index contributed by atoms with van der Waals surface area (Å²) in [4.78, 5) is 159. The Hall–Kier alpha value is -5.34. The number of aliphatic hydroxyl groups is 1. The molecule has 3 N–H and O–H groups in total. The fourth-order valence-corrected chi connectivity index (χ4v) is 12.5. The van der Waals surface area contributed by atoms with E-state index in [4.69, 9.17) is 4.74 Å². The molecule has 4 fully saturated rings. The molecule has 0 radical (unpaired) electrons. The van der Waals surface area contributed by atoms with E-state index in [1.54, 1.807) is 0 Å². The molecule has 0 aromatic rings. The largest absolute Gasteiger partial charge is 0.451 e. The van der Waals surface area contributed by atoms with Gasteiger partial charge in [-0.15, -0.1) is 0 Å². The molecule has 0 saturated carbocycles. The predicted molar refractivity (Wildman–Crippen MR) is 321 cm³/mol. The van der Waals surface area contributed by atoms with E-state index < -0.39 is 132 Å². The number of carbonyl (C=O) groups is 10. The highest BCUT2D eigenvalue weighted by molar-refractivity contribution is 5.99. The molecule has 4 saturated heterocycles. The van der Waals surface area contributed by atoms with Gasteiger partial charge in [-0.3, -0.25) is 43.2 Å². The monoisotopic (exact) mass is 1180 g/mol. The number of nitrogens with zero attached hydrogens (tertiary/aromatic N) is 7. The molecule has 12 unspecified atom stereocenters. The van der Waals surface area contributed by atoms with Crippen molar-refractivity contribution in [3.8, 4) is 0 Å². The Morgan fingerprint density at radius 1 is 0.464 bits per heavy atom. The maximum atomic E-state index is 15.2. The summed E-state index contributed by atoms with van der Waals surface area (Å²) < 4.78 is 6.29. The summed E-state index contributed by atoms with van der Waals surface area (Å²) in [5.74, 6) is -5.96. The minimum Gasteiger partial charge on any atom is -0.451 e. The number of hydrogen-bond donors (Lipinski definition) is 3. The lowest BCUT2D eigenvalue weighted by atomic mass is 9.94. The number of ether oxygens (including phenoxy) is 1. The summed E-state index contributed by atoms with van der Waals surface area (Å²) >= 11 is 0. The Balaban J connectivity index is 1.92. The van der Waals surface area contributed by atoms with Gasteiger partial charge in [0.1, 0.15) is 54.4 Å². The second kappa shape index (κ2) is 33.0. The number of hydrogen-bond acceptors (Lipinski definition) is 12. The van der Waals surface area contributed by atoms with E-state index in [1.165, 1.54) is 71.4 Å². The number of cyclic esters (lactones) is 1. The van der Waals surface area contributed by atoms with Crippen LogP contribution in [0.3, 0.4) is 0 Å². The maximum Gasteiger partial charge on any atom is 0.329 e. The van der Waals surface area contributed by atoms with Gasteiger partial charge in [0, 0.05) is 47.8 Å². The van der Waals surface area contributed by atoms with Crippen LogP contribution >= 0.6 is 0 Å². The fraction of sp³-hybridized carbons (Fsp3) is 0.841. The average molecular weight is 1180 g/mol. The molecular formula is C63H109N9O12. The van der Waals surface area contributed by atoms with Crippen molar-refractivity contribution in [2.24, 2.45) is 29.6 Å². The molecule has 21 heteroatoms. The highest BCUT2D eigenvalue weighted by Crippen LogP contribution is 2.29. The first-order valence-electron chi connectivity index (χ1n) is 31.9.